The third-order valence-corrected chi connectivity index (χ3v) is 9.36. The number of likely N-dealkylation sites (N-methyl/N-ethyl adjacent to an activating group) is 1. The Morgan fingerprint density at radius 3 is 2.74 bits per heavy atom. The van der Waals surface area contributed by atoms with Crippen LogP contribution in [0.25, 0.3) is 0 Å². The van der Waals surface area contributed by atoms with Crippen molar-refractivity contribution < 1.29 is 19.8 Å². The van der Waals surface area contributed by atoms with E-state index >= 15 is 0 Å². The van der Waals surface area contributed by atoms with Crippen LogP contribution in [-0.2, 0) is 16.0 Å². The third kappa shape index (κ3) is 5.09. The zero-order valence-corrected chi connectivity index (χ0v) is 21.9. The molecule has 0 spiro atoms. The van der Waals surface area contributed by atoms with Gasteiger partial charge in [0.2, 0.25) is 11.8 Å². The average Bonchev–Trinajstić information content (AvgIpc) is 3.20. The number of aliphatic hydroxyl groups excluding tert-OH is 2. The van der Waals surface area contributed by atoms with Gasteiger partial charge in [-0.2, -0.15) is 0 Å². The zero-order valence-electron chi connectivity index (χ0n) is 21.1. The summed E-state index contributed by atoms with van der Waals surface area (Å²) >= 11 is 1.47. The molecule has 0 saturated heterocycles. The monoisotopic (exact) mass is 491 g/mol. The first-order valence-corrected chi connectivity index (χ1v) is 13.4. The molecule has 1 heterocycles. The number of unbranched alkanes of at least 4 members (excludes halogenated alkanes) is 2. The van der Waals surface area contributed by atoms with Crippen molar-refractivity contribution in [3.63, 3.8) is 0 Å². The molecular formula is C26H41N3O4S. The summed E-state index contributed by atoms with van der Waals surface area (Å²) in [6, 6.07) is 0. The molecule has 1 aromatic heterocycles. The number of nitrogens with one attached hydrogen (secondary N) is 1. The molecule has 0 aliphatic heterocycles. The topological polar surface area (TPSA) is 103 Å². The molecule has 34 heavy (non-hydrogen) atoms. The first kappa shape index (κ1) is 26.8. The number of nitrogens with zero attached hydrogens (tertiary/aromatic N) is 2. The summed E-state index contributed by atoms with van der Waals surface area (Å²) < 4.78 is 0. The maximum atomic E-state index is 13.1. The van der Waals surface area contributed by atoms with Gasteiger partial charge in [-0.05, 0) is 37.0 Å². The van der Waals surface area contributed by atoms with Gasteiger partial charge in [-0.3, -0.25) is 9.59 Å². The Kier molecular flexibility index (Phi) is 8.58. The number of anilines is 1. The highest BCUT2D eigenvalue weighted by Crippen LogP contribution is 2.62. The van der Waals surface area contributed by atoms with Gasteiger partial charge in [0, 0.05) is 42.6 Å². The van der Waals surface area contributed by atoms with Gasteiger partial charge in [0.25, 0.3) is 0 Å². The molecule has 1 saturated carbocycles. The number of thiazole rings is 1. The lowest BCUT2D eigenvalue weighted by Crippen LogP contribution is -2.57. The molecule has 0 bridgehead atoms. The van der Waals surface area contributed by atoms with Gasteiger partial charge in [-0.25, -0.2) is 4.98 Å². The number of carbonyl (C=O) groups excluding carboxylic acids is 2. The Morgan fingerprint density at radius 2 is 2.09 bits per heavy atom. The number of amides is 2. The molecule has 190 valence electrons. The summed E-state index contributed by atoms with van der Waals surface area (Å²) in [5.74, 6) is -0.163. The van der Waals surface area contributed by atoms with Crippen LogP contribution in [0.4, 0.5) is 5.13 Å². The lowest BCUT2D eigenvalue weighted by Gasteiger charge is -2.58. The highest BCUT2D eigenvalue weighted by Gasteiger charge is 2.59. The predicted octanol–water partition coefficient (Wildman–Crippen LogP) is 4.11. The summed E-state index contributed by atoms with van der Waals surface area (Å²) in [4.78, 5) is 33.2. The number of hydrogen-bond acceptors (Lipinski definition) is 6. The maximum absolute atomic E-state index is 13.1. The Labute approximate surface area is 207 Å². The quantitative estimate of drug-likeness (QED) is 0.338. The first-order chi connectivity index (χ1) is 16.1. The van der Waals surface area contributed by atoms with Crippen LogP contribution in [0, 0.1) is 16.7 Å². The van der Waals surface area contributed by atoms with Crippen LogP contribution in [0.2, 0.25) is 0 Å². The highest BCUT2D eigenvalue weighted by atomic mass is 32.1. The fourth-order valence-corrected chi connectivity index (χ4v) is 7.13. The molecule has 1 fully saturated rings. The van der Waals surface area contributed by atoms with Crippen molar-refractivity contribution in [1.82, 2.24) is 9.88 Å². The van der Waals surface area contributed by atoms with Gasteiger partial charge in [-0.1, -0.05) is 39.7 Å². The molecule has 2 aliphatic carbocycles. The zero-order chi connectivity index (χ0) is 25.1. The second-order valence-corrected chi connectivity index (χ2v) is 11.7. The number of aromatic nitrogens is 1. The van der Waals surface area contributed by atoms with Crippen molar-refractivity contribution in [3.05, 3.63) is 23.2 Å². The van der Waals surface area contributed by atoms with E-state index in [9.17, 15) is 19.8 Å². The van der Waals surface area contributed by atoms with E-state index in [1.54, 1.807) is 18.0 Å². The van der Waals surface area contributed by atoms with E-state index in [0.29, 0.717) is 37.4 Å². The fraction of sp³-hybridized carbons (Fsp3) is 0.731. The minimum atomic E-state index is -0.660. The Bertz CT molecular complexity index is 903. The van der Waals surface area contributed by atoms with Gasteiger partial charge in [0.05, 0.1) is 18.4 Å². The summed E-state index contributed by atoms with van der Waals surface area (Å²) in [5, 5.41) is 24.8. The van der Waals surface area contributed by atoms with Gasteiger partial charge >= 0.3 is 0 Å². The van der Waals surface area contributed by atoms with Crippen LogP contribution >= 0.6 is 11.3 Å². The molecule has 5 atom stereocenters. The van der Waals surface area contributed by atoms with Crippen molar-refractivity contribution in [3.8, 4) is 0 Å². The number of aliphatic hydroxyl groups is 2. The number of rotatable bonds is 10. The van der Waals surface area contributed by atoms with Crippen molar-refractivity contribution >= 4 is 28.3 Å². The van der Waals surface area contributed by atoms with E-state index < -0.39 is 11.5 Å². The minimum Gasteiger partial charge on any atom is -0.396 e. The standard InChI is InChI=1S/C26H41N3O4S/c1-6-8-9-10-21(32)27-24-28-23-17(14-22(33)29(5)13-7-2)25(3)12-11-20(31)26(4,16-30)19(25)15-18(23)34-24/h7,17,19-20,30-31H,2,6,8-16H2,1,3-5H3,(H,27,28,32). The smallest absolute Gasteiger partial charge is 0.226 e. The average molecular weight is 492 g/mol. The summed E-state index contributed by atoms with van der Waals surface area (Å²) in [6.07, 6.45) is 6.84. The lowest BCUT2D eigenvalue weighted by molar-refractivity contribution is -0.146. The Morgan fingerprint density at radius 1 is 1.35 bits per heavy atom. The van der Waals surface area contributed by atoms with Crippen LogP contribution in [0.1, 0.15) is 82.2 Å². The van der Waals surface area contributed by atoms with E-state index in [-0.39, 0.29) is 35.7 Å². The molecule has 7 nitrogen and oxygen atoms in total. The van der Waals surface area contributed by atoms with Crippen molar-refractivity contribution in [2.45, 2.75) is 84.2 Å². The van der Waals surface area contributed by atoms with Crippen molar-refractivity contribution in [1.29, 1.82) is 0 Å². The molecule has 3 N–H and O–H groups in total. The minimum absolute atomic E-state index is 0.00249. The number of fused-ring (bicyclic) bond motifs is 2. The molecule has 0 aromatic carbocycles. The second kappa shape index (κ2) is 10.9. The maximum Gasteiger partial charge on any atom is 0.226 e. The largest absolute Gasteiger partial charge is 0.396 e. The summed E-state index contributed by atoms with van der Waals surface area (Å²) in [6.45, 7) is 10.4. The Hall–Kier alpha value is -1.77. The van der Waals surface area contributed by atoms with E-state index in [1.807, 2.05) is 6.92 Å². The molecule has 2 amide bonds. The van der Waals surface area contributed by atoms with Gasteiger partial charge in [0.1, 0.15) is 0 Å². The van der Waals surface area contributed by atoms with Gasteiger partial charge in [0.15, 0.2) is 5.13 Å². The van der Waals surface area contributed by atoms with Crippen LogP contribution < -0.4 is 5.32 Å². The van der Waals surface area contributed by atoms with E-state index in [0.717, 1.165) is 36.3 Å². The molecular weight excluding hydrogens is 450 g/mol. The SMILES string of the molecule is C=CCN(C)C(=O)CC1c2nc(NC(=O)CCCCC)sc2CC2C(C)(CO)C(O)CCC12C. The van der Waals surface area contributed by atoms with E-state index in [2.05, 4.69) is 25.7 Å². The fourth-order valence-electron chi connectivity index (χ4n) is 6.04. The number of carbonyl (C=O) groups is 2. The van der Waals surface area contributed by atoms with Crippen LogP contribution in [0.5, 0.6) is 0 Å². The molecule has 0 radical (unpaired) electrons. The Balaban J connectivity index is 1.96. The number of hydrogen-bond donors (Lipinski definition) is 3. The second-order valence-electron chi connectivity index (χ2n) is 10.6. The van der Waals surface area contributed by atoms with Gasteiger partial charge in [-0.15, -0.1) is 17.9 Å². The van der Waals surface area contributed by atoms with Crippen LogP contribution in [0.3, 0.4) is 0 Å². The van der Waals surface area contributed by atoms with E-state index in [4.69, 9.17) is 4.98 Å². The summed E-state index contributed by atoms with van der Waals surface area (Å²) in [5.41, 5.74) is -0.0677. The predicted molar refractivity (Wildman–Crippen MR) is 136 cm³/mol. The third-order valence-electron chi connectivity index (χ3n) is 8.35. The normalized spacial score (nSPS) is 30.2. The van der Waals surface area contributed by atoms with Crippen molar-refractivity contribution in [2.24, 2.45) is 16.7 Å². The molecule has 1 aromatic rings. The lowest BCUT2D eigenvalue weighted by atomic mass is 9.47. The van der Waals surface area contributed by atoms with Crippen LogP contribution in [0.15, 0.2) is 12.7 Å². The van der Waals surface area contributed by atoms with Crippen LogP contribution in [-0.4, -0.2) is 58.2 Å². The molecule has 3 rings (SSSR count). The van der Waals surface area contributed by atoms with Gasteiger partial charge < -0.3 is 20.4 Å². The summed E-state index contributed by atoms with van der Waals surface area (Å²) in [7, 11) is 1.78. The van der Waals surface area contributed by atoms with E-state index in [1.165, 1.54) is 11.3 Å². The molecule has 5 unspecified atom stereocenters. The van der Waals surface area contributed by atoms with Crippen molar-refractivity contribution in [2.75, 3.05) is 25.5 Å². The highest BCUT2D eigenvalue weighted by molar-refractivity contribution is 7.15. The molecule has 2 aliphatic rings. The first-order valence-electron chi connectivity index (χ1n) is 12.5. The molecule has 8 heteroatoms.